The minimum absolute atomic E-state index is 0.0551. The number of hydrogen-bond donors (Lipinski definition) is 2. The summed E-state index contributed by atoms with van der Waals surface area (Å²) in [5, 5.41) is 10.1. The highest BCUT2D eigenvalue weighted by atomic mass is 15.1. The summed E-state index contributed by atoms with van der Waals surface area (Å²) in [6.07, 6.45) is 18.8. The summed E-state index contributed by atoms with van der Waals surface area (Å²) in [4.78, 5) is 5.06. The lowest BCUT2D eigenvalue weighted by Crippen LogP contribution is -2.34. The van der Waals surface area contributed by atoms with Gasteiger partial charge in [-0.25, -0.2) is 0 Å². The molecule has 1 aromatic heterocycles. The van der Waals surface area contributed by atoms with Crippen LogP contribution in [-0.4, -0.2) is 16.9 Å². The van der Waals surface area contributed by atoms with E-state index in [9.17, 15) is 0 Å². The van der Waals surface area contributed by atoms with E-state index in [1.165, 1.54) is 38.5 Å². The summed E-state index contributed by atoms with van der Waals surface area (Å²) in [7, 11) is 0. The number of aromatic nitrogens is 1. The van der Waals surface area contributed by atoms with Crippen molar-refractivity contribution in [2.45, 2.75) is 32.0 Å². The molecule has 6 aromatic rings. The summed E-state index contributed by atoms with van der Waals surface area (Å²) in [6.45, 7) is 0.762. The lowest BCUT2D eigenvalue weighted by Gasteiger charge is -2.25. The van der Waals surface area contributed by atoms with Crippen molar-refractivity contribution in [3.8, 4) is 5.69 Å². The van der Waals surface area contributed by atoms with Gasteiger partial charge in [0.25, 0.3) is 0 Å². The molecule has 240 valence electrons. The van der Waals surface area contributed by atoms with Crippen LogP contribution in [0.3, 0.4) is 0 Å². The second-order valence-corrected chi connectivity index (χ2v) is 12.8. The van der Waals surface area contributed by atoms with Gasteiger partial charge in [0.1, 0.15) is 6.17 Å². The maximum Gasteiger partial charge on any atom is 0.106 e. The summed E-state index contributed by atoms with van der Waals surface area (Å²) < 4.78 is 2.39. The van der Waals surface area contributed by atoms with Gasteiger partial charge < -0.3 is 9.88 Å². The number of nitrogens with zero attached hydrogens (tertiary/aromatic N) is 2. The van der Waals surface area contributed by atoms with Gasteiger partial charge in [-0.15, -0.1) is 0 Å². The average Bonchev–Trinajstić information content (AvgIpc) is 3.49. The minimum atomic E-state index is -0.0551. The number of aliphatic imine (C=N–C) groups is 1. The van der Waals surface area contributed by atoms with Crippen LogP contribution in [0.5, 0.6) is 0 Å². The number of allylic oxidation sites excluding steroid dienone is 6. The van der Waals surface area contributed by atoms with Gasteiger partial charge in [0.15, 0.2) is 0 Å². The lowest BCUT2D eigenvalue weighted by molar-refractivity contribution is 0.420. The summed E-state index contributed by atoms with van der Waals surface area (Å²) in [6, 6.07) is 45.0. The zero-order valence-corrected chi connectivity index (χ0v) is 27.5. The molecule has 2 aliphatic rings. The Kier molecular flexibility index (Phi) is 8.86. The standard InChI is InChI=1S/C45H40N4/c1-5-15-33(16-6-1)31-46-45(47-32-34-17-7-2-8-18-34)36-25-27-37(28-26-36)48-42-30-44-41(29-40(42)35-19-9-3-10-20-35)39-23-13-14-24-43(39)49(44)38-21-11-4-12-22-38/h1-2,4-9,11-25,27-31,36,45,47-48H,3,10,26,32H2. The van der Waals surface area contributed by atoms with Crippen molar-refractivity contribution in [1.82, 2.24) is 9.88 Å². The number of rotatable bonds is 10. The normalized spacial score (nSPS) is 16.6. The highest BCUT2D eigenvalue weighted by molar-refractivity contribution is 6.11. The third-order valence-corrected chi connectivity index (χ3v) is 9.49. The van der Waals surface area contributed by atoms with Gasteiger partial charge >= 0.3 is 0 Å². The minimum Gasteiger partial charge on any atom is -0.355 e. The second kappa shape index (κ2) is 14.2. The van der Waals surface area contributed by atoms with E-state index in [2.05, 4.69) is 173 Å². The highest BCUT2D eigenvalue weighted by Crippen LogP contribution is 2.39. The Hall–Kier alpha value is -5.71. The largest absolute Gasteiger partial charge is 0.355 e. The van der Waals surface area contributed by atoms with Gasteiger partial charge in [-0.05, 0) is 72.4 Å². The van der Waals surface area contributed by atoms with Crippen LogP contribution in [0.25, 0.3) is 33.1 Å². The van der Waals surface area contributed by atoms with Gasteiger partial charge in [-0.2, -0.15) is 0 Å². The molecule has 0 aliphatic heterocycles. The smallest absolute Gasteiger partial charge is 0.106 e. The molecule has 0 amide bonds. The van der Waals surface area contributed by atoms with E-state index < -0.39 is 0 Å². The Balaban J connectivity index is 1.12. The summed E-state index contributed by atoms with van der Waals surface area (Å²) in [5.74, 6) is 0.223. The van der Waals surface area contributed by atoms with Crippen molar-refractivity contribution >= 4 is 39.3 Å². The zero-order valence-electron chi connectivity index (χ0n) is 27.5. The third kappa shape index (κ3) is 6.69. The van der Waals surface area contributed by atoms with Crippen LogP contribution in [0.1, 0.15) is 36.0 Å². The Labute approximate surface area is 288 Å². The van der Waals surface area contributed by atoms with Crippen molar-refractivity contribution in [3.05, 3.63) is 186 Å². The Morgan fingerprint density at radius 1 is 0.735 bits per heavy atom. The molecule has 0 bridgehead atoms. The number of anilines is 1. The van der Waals surface area contributed by atoms with Crippen molar-refractivity contribution in [2.75, 3.05) is 5.32 Å². The number of hydrogen-bond acceptors (Lipinski definition) is 3. The average molecular weight is 637 g/mol. The first-order valence-electron chi connectivity index (χ1n) is 17.3. The lowest BCUT2D eigenvalue weighted by atomic mass is 9.94. The third-order valence-electron chi connectivity index (χ3n) is 9.49. The summed E-state index contributed by atoms with van der Waals surface area (Å²) >= 11 is 0. The van der Waals surface area contributed by atoms with Crippen LogP contribution in [0.4, 0.5) is 5.69 Å². The van der Waals surface area contributed by atoms with Crippen LogP contribution in [-0.2, 0) is 6.54 Å². The molecule has 0 saturated carbocycles. The predicted molar refractivity (Wildman–Crippen MR) is 207 cm³/mol. The first-order valence-corrected chi connectivity index (χ1v) is 17.3. The van der Waals surface area contributed by atoms with E-state index in [4.69, 9.17) is 4.99 Å². The molecule has 2 aliphatic carbocycles. The molecule has 8 rings (SSSR count). The van der Waals surface area contributed by atoms with E-state index in [-0.39, 0.29) is 12.1 Å². The highest BCUT2D eigenvalue weighted by Gasteiger charge is 2.21. The zero-order chi connectivity index (χ0) is 32.8. The quantitative estimate of drug-likeness (QED) is 0.147. The van der Waals surface area contributed by atoms with Gasteiger partial charge in [-0.3, -0.25) is 10.3 Å². The fourth-order valence-corrected chi connectivity index (χ4v) is 6.98. The first-order chi connectivity index (χ1) is 24.3. The van der Waals surface area contributed by atoms with E-state index in [0.717, 1.165) is 48.4 Å². The maximum atomic E-state index is 5.06. The van der Waals surface area contributed by atoms with Crippen LogP contribution < -0.4 is 10.6 Å². The monoisotopic (exact) mass is 636 g/mol. The molecule has 5 aromatic carbocycles. The van der Waals surface area contributed by atoms with Crippen LogP contribution in [0.15, 0.2) is 175 Å². The molecule has 2 N–H and O–H groups in total. The Morgan fingerprint density at radius 3 is 2.24 bits per heavy atom. The van der Waals surface area contributed by atoms with Gasteiger partial charge in [0.05, 0.1) is 11.0 Å². The number of nitrogens with one attached hydrogen (secondary N) is 2. The maximum absolute atomic E-state index is 5.06. The van der Waals surface area contributed by atoms with E-state index in [0.29, 0.717) is 0 Å². The molecule has 49 heavy (non-hydrogen) atoms. The molecular formula is C45H40N4. The number of benzene rings is 5. The fraction of sp³-hybridized carbons (Fsp3) is 0.133. The molecule has 2 atom stereocenters. The summed E-state index contributed by atoms with van der Waals surface area (Å²) in [5.41, 5.74) is 10.6. The number of para-hydroxylation sites is 2. The second-order valence-electron chi connectivity index (χ2n) is 12.8. The van der Waals surface area contributed by atoms with Crippen LogP contribution in [0, 0.1) is 5.92 Å². The van der Waals surface area contributed by atoms with Crippen molar-refractivity contribution in [3.63, 3.8) is 0 Å². The topological polar surface area (TPSA) is 41.4 Å². The molecule has 4 nitrogen and oxygen atoms in total. The molecule has 2 unspecified atom stereocenters. The van der Waals surface area contributed by atoms with Crippen LogP contribution in [0.2, 0.25) is 0 Å². The SMILES string of the molecule is C1=CC(c2cc3c4ccccc4n(-c4ccccc4)c3cc2NC2=CCC(C(N=Cc3ccccc3)NCc3ccccc3)C=C2)=CCC1. The van der Waals surface area contributed by atoms with Gasteiger partial charge in [-0.1, -0.05) is 127 Å². The predicted octanol–water partition coefficient (Wildman–Crippen LogP) is 10.6. The van der Waals surface area contributed by atoms with Gasteiger partial charge in [0.2, 0.25) is 0 Å². The molecule has 1 heterocycles. The molecule has 0 fully saturated rings. The van der Waals surface area contributed by atoms with Gasteiger partial charge in [0, 0.05) is 52.1 Å². The molecular weight excluding hydrogens is 597 g/mol. The van der Waals surface area contributed by atoms with Crippen molar-refractivity contribution in [2.24, 2.45) is 10.9 Å². The van der Waals surface area contributed by atoms with Crippen molar-refractivity contribution in [1.29, 1.82) is 0 Å². The first kappa shape index (κ1) is 30.6. The molecule has 0 spiro atoms. The van der Waals surface area contributed by atoms with E-state index >= 15 is 0 Å². The van der Waals surface area contributed by atoms with Crippen molar-refractivity contribution < 1.29 is 0 Å². The fourth-order valence-electron chi connectivity index (χ4n) is 6.98. The van der Waals surface area contributed by atoms with E-state index in [1.807, 2.05) is 12.3 Å². The van der Waals surface area contributed by atoms with Crippen LogP contribution >= 0.6 is 0 Å². The molecule has 0 radical (unpaired) electrons. The molecule has 4 heteroatoms. The van der Waals surface area contributed by atoms with E-state index in [1.54, 1.807) is 0 Å². The Bertz CT molecular complexity index is 2220. The Morgan fingerprint density at radius 2 is 1.49 bits per heavy atom. The molecule has 0 saturated heterocycles. The number of fused-ring (bicyclic) bond motifs is 3.